The van der Waals surface area contributed by atoms with E-state index in [-0.39, 0.29) is 6.10 Å². The van der Waals surface area contributed by atoms with E-state index in [2.05, 4.69) is 53.0 Å². The Bertz CT molecular complexity index is 946. The molecule has 10 atom stereocenters. The molecule has 10 unspecified atom stereocenters. The van der Waals surface area contributed by atoms with Crippen LogP contribution >= 0.6 is 11.8 Å². The van der Waals surface area contributed by atoms with Gasteiger partial charge >= 0.3 is 0 Å². The molecule has 0 amide bonds. The maximum atomic E-state index is 11.8. The average molecular weight is 671 g/mol. The molecular formula is C37H66N8OS. The zero-order chi connectivity index (χ0) is 31.3. The van der Waals surface area contributed by atoms with E-state index in [1.807, 2.05) is 0 Å². The quantitative estimate of drug-likeness (QED) is 0.254. The molecule has 0 radical (unpaired) electrons. The van der Waals surface area contributed by atoms with Crippen LogP contribution in [0.5, 0.6) is 0 Å². The Morgan fingerprint density at radius 1 is 0.574 bits per heavy atom. The van der Waals surface area contributed by atoms with E-state index >= 15 is 0 Å². The smallest absolute Gasteiger partial charge is 0.114 e. The lowest BCUT2D eigenvalue weighted by atomic mass is 9.75. The van der Waals surface area contributed by atoms with Crippen molar-refractivity contribution in [3.63, 3.8) is 0 Å². The second kappa shape index (κ2) is 14.5. The molecular weight excluding hydrogens is 605 g/mol. The van der Waals surface area contributed by atoms with E-state index in [0.29, 0.717) is 60.1 Å². The molecule has 47 heavy (non-hydrogen) atoms. The molecule has 5 saturated heterocycles. The van der Waals surface area contributed by atoms with Crippen LogP contribution in [0.1, 0.15) is 109 Å². The Morgan fingerprint density at radius 2 is 1.15 bits per heavy atom. The SMILES string of the molecule is OC1CC(N(C2CCC(C3CN4CCCNC4N3)CC2)C2CCC(C3CN4CCCNC4N3)CC2)CCC1C1NC2CCCCC2S1. The van der Waals surface area contributed by atoms with E-state index < -0.39 is 0 Å². The lowest BCUT2D eigenvalue weighted by Crippen LogP contribution is -2.56. The molecule has 9 rings (SSSR count). The van der Waals surface area contributed by atoms with Crippen molar-refractivity contribution >= 4 is 11.8 Å². The van der Waals surface area contributed by atoms with E-state index in [1.54, 1.807) is 0 Å². The van der Waals surface area contributed by atoms with Gasteiger partial charge in [0.05, 0.1) is 11.5 Å². The largest absolute Gasteiger partial charge is 0.393 e. The fraction of sp³-hybridized carbons (Fsp3) is 1.00. The summed E-state index contributed by atoms with van der Waals surface area (Å²) >= 11 is 2.20. The van der Waals surface area contributed by atoms with Crippen LogP contribution in [-0.4, -0.2) is 125 Å². The fourth-order valence-electron chi connectivity index (χ4n) is 12.3. The molecule has 6 N–H and O–H groups in total. The van der Waals surface area contributed by atoms with Gasteiger partial charge in [0.25, 0.3) is 0 Å². The first kappa shape index (κ1) is 32.9. The van der Waals surface area contributed by atoms with Gasteiger partial charge in [0.2, 0.25) is 0 Å². The first-order valence-electron chi connectivity index (χ1n) is 20.5. The first-order valence-corrected chi connectivity index (χ1v) is 21.4. The molecule has 0 spiro atoms. The Kier molecular flexibility index (Phi) is 10.2. The molecule has 9 aliphatic rings. The van der Waals surface area contributed by atoms with Crippen molar-refractivity contribution < 1.29 is 5.11 Å². The van der Waals surface area contributed by atoms with Crippen LogP contribution in [-0.2, 0) is 0 Å². The van der Waals surface area contributed by atoms with Gasteiger partial charge in [0, 0.05) is 73.6 Å². The van der Waals surface area contributed by atoms with Crippen molar-refractivity contribution in [1.29, 1.82) is 0 Å². The van der Waals surface area contributed by atoms with Gasteiger partial charge in [-0.3, -0.25) is 36.0 Å². The van der Waals surface area contributed by atoms with Gasteiger partial charge in [0.15, 0.2) is 0 Å². The summed E-state index contributed by atoms with van der Waals surface area (Å²) in [4.78, 5) is 8.39. The minimum atomic E-state index is -0.158. The normalized spacial score (nSPS) is 49.9. The molecule has 4 saturated carbocycles. The van der Waals surface area contributed by atoms with Gasteiger partial charge in [-0.25, -0.2) is 0 Å². The monoisotopic (exact) mass is 671 g/mol. The van der Waals surface area contributed by atoms with E-state index in [1.165, 1.54) is 129 Å². The highest BCUT2D eigenvalue weighted by Crippen LogP contribution is 2.46. The molecule has 0 aromatic heterocycles. The Labute approximate surface area is 289 Å². The minimum absolute atomic E-state index is 0.158. The number of hydrogen-bond acceptors (Lipinski definition) is 10. The second-order valence-corrected chi connectivity index (χ2v) is 18.8. The summed E-state index contributed by atoms with van der Waals surface area (Å²) in [7, 11) is 0. The van der Waals surface area contributed by atoms with Gasteiger partial charge < -0.3 is 10.4 Å². The third kappa shape index (κ3) is 6.85. The van der Waals surface area contributed by atoms with Crippen molar-refractivity contribution in [3.8, 4) is 0 Å². The number of nitrogens with zero attached hydrogens (tertiary/aromatic N) is 3. The zero-order valence-corrected chi connectivity index (χ0v) is 29.9. The van der Waals surface area contributed by atoms with Crippen LogP contribution in [0.25, 0.3) is 0 Å². The standard InChI is InChI=1S/C37H66N8OS/c46-33-21-28(15-16-29(33)35-40-30-5-1-2-6-34(30)47-35)45(26-11-7-24(8-12-26)31-22-43-19-3-17-38-36(43)41-31)27-13-9-25(10-14-27)32-23-44-20-4-18-39-37(44)42-32/h24-42,46H,1-23H2. The van der Waals surface area contributed by atoms with Crippen molar-refractivity contribution in [3.05, 3.63) is 0 Å². The van der Waals surface area contributed by atoms with Crippen molar-refractivity contribution in [2.45, 2.75) is 175 Å². The number of aliphatic hydroxyl groups excluding tert-OH is 1. The van der Waals surface area contributed by atoms with Gasteiger partial charge in [-0.1, -0.05) is 12.8 Å². The van der Waals surface area contributed by atoms with Crippen LogP contribution in [0.4, 0.5) is 0 Å². The summed E-state index contributed by atoms with van der Waals surface area (Å²) in [5.74, 6) is 2.05. The average Bonchev–Trinajstić information content (AvgIpc) is 3.86. The molecule has 4 aliphatic carbocycles. The number of fused-ring (bicyclic) bond motifs is 3. The van der Waals surface area contributed by atoms with Gasteiger partial charge in [0.1, 0.15) is 12.6 Å². The van der Waals surface area contributed by atoms with Gasteiger partial charge in [-0.2, -0.15) is 0 Å². The van der Waals surface area contributed by atoms with E-state index in [4.69, 9.17) is 0 Å². The lowest BCUT2D eigenvalue weighted by Gasteiger charge is -2.51. The molecule has 0 bridgehead atoms. The Balaban J connectivity index is 0.850. The fourth-order valence-corrected chi connectivity index (χ4v) is 14.1. The summed E-state index contributed by atoms with van der Waals surface area (Å²) in [6.07, 6.45) is 23.1. The predicted molar refractivity (Wildman–Crippen MR) is 191 cm³/mol. The topological polar surface area (TPSA) is 90.1 Å². The zero-order valence-electron chi connectivity index (χ0n) is 29.0. The van der Waals surface area contributed by atoms with Gasteiger partial charge in [-0.15, -0.1) is 11.8 Å². The van der Waals surface area contributed by atoms with Crippen molar-refractivity contribution in [2.75, 3.05) is 39.3 Å². The molecule has 9 nitrogen and oxygen atoms in total. The van der Waals surface area contributed by atoms with E-state index in [0.717, 1.165) is 36.6 Å². The first-order chi connectivity index (χ1) is 23.2. The van der Waals surface area contributed by atoms with Crippen LogP contribution in [0.2, 0.25) is 0 Å². The third-order valence-electron chi connectivity index (χ3n) is 14.8. The minimum Gasteiger partial charge on any atom is -0.393 e. The molecule has 0 aromatic rings. The summed E-state index contributed by atoms with van der Waals surface area (Å²) < 4.78 is 0. The molecule has 9 fully saturated rings. The molecule has 266 valence electrons. The molecule has 5 aliphatic heterocycles. The number of nitrogens with one attached hydrogen (secondary N) is 5. The molecule has 5 heterocycles. The number of aliphatic hydroxyl groups is 1. The maximum Gasteiger partial charge on any atom is 0.114 e. The van der Waals surface area contributed by atoms with E-state index in [9.17, 15) is 5.11 Å². The highest BCUT2D eigenvalue weighted by molar-refractivity contribution is 8.00. The summed E-state index contributed by atoms with van der Waals surface area (Å²) in [5.41, 5.74) is 0. The van der Waals surface area contributed by atoms with Crippen LogP contribution in [0.3, 0.4) is 0 Å². The third-order valence-corrected chi connectivity index (χ3v) is 16.5. The molecule has 0 aromatic carbocycles. The summed E-state index contributed by atoms with van der Waals surface area (Å²) in [6, 6.07) is 3.97. The predicted octanol–water partition coefficient (Wildman–Crippen LogP) is 3.01. The van der Waals surface area contributed by atoms with Crippen molar-refractivity contribution in [2.24, 2.45) is 17.8 Å². The highest BCUT2D eigenvalue weighted by Gasteiger charge is 2.47. The highest BCUT2D eigenvalue weighted by atomic mass is 32.2. The second-order valence-electron chi connectivity index (χ2n) is 17.4. The summed E-state index contributed by atoms with van der Waals surface area (Å²) in [5, 5.41) is 32.5. The number of rotatable bonds is 6. The number of thioether (sulfide) groups is 1. The van der Waals surface area contributed by atoms with Crippen LogP contribution in [0, 0.1) is 17.8 Å². The summed E-state index contributed by atoms with van der Waals surface area (Å²) in [6.45, 7) is 7.27. The number of hydrogen-bond donors (Lipinski definition) is 6. The maximum absolute atomic E-state index is 11.8. The van der Waals surface area contributed by atoms with Gasteiger partial charge in [-0.05, 0) is 121 Å². The van der Waals surface area contributed by atoms with Crippen molar-refractivity contribution in [1.82, 2.24) is 41.3 Å². The molecule has 10 heteroatoms. The lowest BCUT2D eigenvalue weighted by molar-refractivity contribution is -0.0376. The van der Waals surface area contributed by atoms with Crippen LogP contribution < -0.4 is 26.6 Å². The van der Waals surface area contributed by atoms with Crippen LogP contribution in [0.15, 0.2) is 0 Å². The Hall–Kier alpha value is -0.0100. The Morgan fingerprint density at radius 3 is 1.70 bits per heavy atom.